The lowest BCUT2D eigenvalue weighted by atomic mass is 9.97. The molecule has 0 unspecified atom stereocenters. The summed E-state index contributed by atoms with van der Waals surface area (Å²) >= 11 is 3.34. The van der Waals surface area contributed by atoms with Crippen LogP contribution in [0.2, 0.25) is 0 Å². The summed E-state index contributed by atoms with van der Waals surface area (Å²) in [7, 11) is 0. The Bertz CT molecular complexity index is 698. The number of nitrogens with zero attached hydrogens (tertiary/aromatic N) is 2. The molecule has 0 radical (unpaired) electrons. The van der Waals surface area contributed by atoms with Crippen molar-refractivity contribution in [1.82, 2.24) is 15.3 Å². The zero-order chi connectivity index (χ0) is 16.2. The molecule has 2 heterocycles. The monoisotopic (exact) mass is 349 g/mol. The highest BCUT2D eigenvalue weighted by Crippen LogP contribution is 2.39. The maximum atomic E-state index is 12.1. The van der Waals surface area contributed by atoms with Crippen LogP contribution >= 0.6 is 23.1 Å². The number of thiophene rings is 1. The summed E-state index contributed by atoms with van der Waals surface area (Å²) in [6.45, 7) is 4.19. The van der Waals surface area contributed by atoms with Crippen molar-refractivity contribution in [2.24, 2.45) is 0 Å². The minimum absolute atomic E-state index is 0.0896. The van der Waals surface area contributed by atoms with Gasteiger partial charge in [-0.2, -0.15) is 0 Å². The molecule has 0 bridgehead atoms. The minimum atomic E-state index is 0.0896. The first-order valence-electron chi connectivity index (χ1n) is 8.36. The summed E-state index contributed by atoms with van der Waals surface area (Å²) in [6, 6.07) is 0.243. The Morgan fingerprint density at radius 2 is 2.22 bits per heavy atom. The van der Waals surface area contributed by atoms with Crippen molar-refractivity contribution in [2.75, 3.05) is 5.75 Å². The maximum absolute atomic E-state index is 12.1. The SMILES string of the molecule is CCC[C@H](C)NC(=O)CSc1ncnc2sc3c(c12)CCCC3. The summed E-state index contributed by atoms with van der Waals surface area (Å²) in [4.78, 5) is 23.5. The number of nitrogens with one attached hydrogen (secondary N) is 1. The third-order valence-electron chi connectivity index (χ3n) is 4.19. The lowest BCUT2D eigenvalue weighted by Crippen LogP contribution is -2.33. The van der Waals surface area contributed by atoms with E-state index >= 15 is 0 Å². The summed E-state index contributed by atoms with van der Waals surface area (Å²) in [5, 5.41) is 5.22. The van der Waals surface area contributed by atoms with Crippen molar-refractivity contribution in [3.8, 4) is 0 Å². The van der Waals surface area contributed by atoms with E-state index in [-0.39, 0.29) is 11.9 Å². The number of carbonyl (C=O) groups is 1. The van der Waals surface area contributed by atoms with E-state index in [1.54, 1.807) is 17.7 Å². The van der Waals surface area contributed by atoms with E-state index in [9.17, 15) is 4.79 Å². The van der Waals surface area contributed by atoms with Crippen LogP contribution in [0.4, 0.5) is 0 Å². The highest BCUT2D eigenvalue weighted by atomic mass is 32.2. The molecule has 0 spiro atoms. The van der Waals surface area contributed by atoms with E-state index in [4.69, 9.17) is 0 Å². The maximum Gasteiger partial charge on any atom is 0.230 e. The minimum Gasteiger partial charge on any atom is -0.353 e. The highest BCUT2D eigenvalue weighted by Gasteiger charge is 2.20. The lowest BCUT2D eigenvalue weighted by molar-refractivity contribution is -0.119. The van der Waals surface area contributed by atoms with Crippen LogP contribution in [0, 0.1) is 0 Å². The molecule has 124 valence electrons. The van der Waals surface area contributed by atoms with Crippen molar-refractivity contribution < 1.29 is 4.79 Å². The molecular formula is C17H23N3OS2. The second kappa shape index (κ2) is 7.62. The van der Waals surface area contributed by atoms with Gasteiger partial charge in [0.2, 0.25) is 5.91 Å². The predicted molar refractivity (Wildman–Crippen MR) is 97.3 cm³/mol. The molecule has 6 heteroatoms. The number of hydrogen-bond donors (Lipinski definition) is 1. The molecule has 0 saturated carbocycles. The molecule has 0 aromatic carbocycles. The van der Waals surface area contributed by atoms with Gasteiger partial charge in [0.25, 0.3) is 0 Å². The summed E-state index contributed by atoms with van der Waals surface area (Å²) < 4.78 is 0. The fourth-order valence-corrected chi connectivity index (χ4v) is 5.26. The van der Waals surface area contributed by atoms with E-state index in [0.29, 0.717) is 5.75 Å². The largest absolute Gasteiger partial charge is 0.353 e. The zero-order valence-corrected chi connectivity index (χ0v) is 15.4. The number of carbonyl (C=O) groups excluding carboxylic acids is 1. The first-order chi connectivity index (χ1) is 11.2. The van der Waals surface area contributed by atoms with Gasteiger partial charge in [0.05, 0.1) is 5.75 Å². The van der Waals surface area contributed by atoms with E-state index in [0.717, 1.165) is 35.5 Å². The molecule has 23 heavy (non-hydrogen) atoms. The Morgan fingerprint density at radius 3 is 3.04 bits per heavy atom. The molecular weight excluding hydrogens is 326 g/mol. The van der Waals surface area contributed by atoms with Crippen molar-refractivity contribution in [1.29, 1.82) is 0 Å². The van der Waals surface area contributed by atoms with Crippen LogP contribution in [0.5, 0.6) is 0 Å². The Kier molecular flexibility index (Phi) is 5.54. The second-order valence-corrected chi connectivity index (χ2v) is 8.16. The number of amides is 1. The fourth-order valence-electron chi connectivity index (χ4n) is 3.13. The van der Waals surface area contributed by atoms with Gasteiger partial charge in [-0.15, -0.1) is 11.3 Å². The predicted octanol–water partition coefficient (Wildman–Crippen LogP) is 3.97. The number of rotatable bonds is 6. The van der Waals surface area contributed by atoms with Crippen LogP contribution in [0.1, 0.15) is 50.0 Å². The Balaban J connectivity index is 1.73. The van der Waals surface area contributed by atoms with Gasteiger partial charge in [-0.05, 0) is 44.6 Å². The zero-order valence-electron chi connectivity index (χ0n) is 13.7. The molecule has 1 aliphatic rings. The molecule has 1 aliphatic carbocycles. The number of aryl methyl sites for hydroxylation is 2. The molecule has 1 amide bonds. The summed E-state index contributed by atoms with van der Waals surface area (Å²) in [6.07, 6.45) is 8.53. The topological polar surface area (TPSA) is 54.9 Å². The van der Waals surface area contributed by atoms with Gasteiger partial charge >= 0.3 is 0 Å². The molecule has 1 atom stereocenters. The van der Waals surface area contributed by atoms with Gasteiger partial charge in [0.15, 0.2) is 0 Å². The van der Waals surface area contributed by atoms with Gasteiger partial charge < -0.3 is 5.32 Å². The van der Waals surface area contributed by atoms with Crippen LogP contribution in [-0.2, 0) is 17.6 Å². The van der Waals surface area contributed by atoms with Gasteiger partial charge in [-0.25, -0.2) is 9.97 Å². The van der Waals surface area contributed by atoms with Crippen LogP contribution in [0.15, 0.2) is 11.4 Å². The van der Waals surface area contributed by atoms with Gasteiger partial charge in [-0.1, -0.05) is 25.1 Å². The number of fused-ring (bicyclic) bond motifs is 3. The first-order valence-corrected chi connectivity index (χ1v) is 10.2. The quantitative estimate of drug-likeness (QED) is 0.633. The van der Waals surface area contributed by atoms with Crippen LogP contribution in [0.3, 0.4) is 0 Å². The van der Waals surface area contributed by atoms with E-state index in [2.05, 4.69) is 29.1 Å². The highest BCUT2D eigenvalue weighted by molar-refractivity contribution is 8.00. The van der Waals surface area contributed by atoms with Crippen LogP contribution in [0.25, 0.3) is 10.2 Å². The Morgan fingerprint density at radius 1 is 1.39 bits per heavy atom. The lowest BCUT2D eigenvalue weighted by Gasteiger charge is -2.13. The van der Waals surface area contributed by atoms with Crippen molar-refractivity contribution in [2.45, 2.75) is 63.4 Å². The third-order valence-corrected chi connectivity index (χ3v) is 6.37. The number of hydrogen-bond acceptors (Lipinski definition) is 5. The molecule has 2 aromatic heterocycles. The van der Waals surface area contributed by atoms with Crippen molar-refractivity contribution >= 4 is 39.2 Å². The average molecular weight is 350 g/mol. The van der Waals surface area contributed by atoms with E-state index < -0.39 is 0 Å². The van der Waals surface area contributed by atoms with E-state index in [1.165, 1.54) is 40.4 Å². The summed E-state index contributed by atoms with van der Waals surface area (Å²) in [5.74, 6) is 0.511. The number of thioether (sulfide) groups is 1. The van der Waals surface area contributed by atoms with Crippen LogP contribution < -0.4 is 5.32 Å². The second-order valence-electron chi connectivity index (χ2n) is 6.12. The fraction of sp³-hybridized carbons (Fsp3) is 0.588. The average Bonchev–Trinajstić information content (AvgIpc) is 2.92. The van der Waals surface area contributed by atoms with Gasteiger partial charge in [-0.3, -0.25) is 4.79 Å². The third kappa shape index (κ3) is 3.86. The standard InChI is InChI=1S/C17H23N3OS2/c1-3-6-11(2)20-14(21)9-22-16-15-12-7-4-5-8-13(12)23-17(15)19-10-18-16/h10-11H,3-9H2,1-2H3,(H,20,21)/t11-/m0/s1. The Labute approximate surface area is 145 Å². The molecule has 0 saturated heterocycles. The molecule has 1 N–H and O–H groups in total. The number of aromatic nitrogens is 2. The van der Waals surface area contributed by atoms with Crippen molar-refractivity contribution in [3.05, 3.63) is 16.8 Å². The Hall–Kier alpha value is -1.14. The molecule has 4 nitrogen and oxygen atoms in total. The smallest absolute Gasteiger partial charge is 0.230 e. The van der Waals surface area contributed by atoms with Crippen molar-refractivity contribution in [3.63, 3.8) is 0 Å². The van der Waals surface area contributed by atoms with E-state index in [1.807, 2.05) is 0 Å². The van der Waals surface area contributed by atoms with Crippen LogP contribution in [-0.4, -0.2) is 27.7 Å². The van der Waals surface area contributed by atoms with Gasteiger partial charge in [0, 0.05) is 16.3 Å². The van der Waals surface area contributed by atoms with Gasteiger partial charge in [0.1, 0.15) is 16.2 Å². The molecule has 2 aromatic rings. The molecule has 0 fully saturated rings. The first kappa shape index (κ1) is 16.7. The normalized spacial score (nSPS) is 15.4. The summed E-state index contributed by atoms with van der Waals surface area (Å²) in [5.41, 5.74) is 1.43. The molecule has 0 aliphatic heterocycles. The molecule has 3 rings (SSSR count).